The maximum atomic E-state index is 12.9. The molecule has 2 aromatic carbocycles. The zero-order valence-corrected chi connectivity index (χ0v) is 12.4. The Labute approximate surface area is 128 Å². The first kappa shape index (κ1) is 15.8. The number of benzene rings is 2. The van der Waals surface area contributed by atoms with E-state index in [1.54, 1.807) is 19.2 Å². The molecular weight excluding hydrogens is 293 g/mol. The highest BCUT2D eigenvalue weighted by Crippen LogP contribution is 2.19. The van der Waals surface area contributed by atoms with Gasteiger partial charge in [-0.05, 0) is 35.4 Å². The van der Waals surface area contributed by atoms with Gasteiger partial charge in [-0.15, -0.1) is 0 Å². The predicted molar refractivity (Wildman–Crippen MR) is 81.1 cm³/mol. The molecule has 1 unspecified atom stereocenters. The maximum Gasteiger partial charge on any atom is 0.124 e. The van der Waals surface area contributed by atoms with Gasteiger partial charge in [0.2, 0.25) is 0 Å². The van der Waals surface area contributed by atoms with Gasteiger partial charge in [0.1, 0.15) is 11.6 Å². The molecule has 0 aliphatic rings. The summed E-state index contributed by atoms with van der Waals surface area (Å²) in [7, 11) is 1.58. The van der Waals surface area contributed by atoms with E-state index in [0.717, 1.165) is 11.1 Å². The molecule has 112 valence electrons. The van der Waals surface area contributed by atoms with E-state index in [1.165, 1.54) is 12.1 Å². The second kappa shape index (κ2) is 7.41. The molecule has 0 aliphatic heterocycles. The summed E-state index contributed by atoms with van der Waals surface area (Å²) in [6, 6.07) is 11.5. The quantitative estimate of drug-likeness (QED) is 0.860. The lowest BCUT2D eigenvalue weighted by atomic mass is 10.1. The Kier molecular flexibility index (Phi) is 5.56. The topological polar surface area (TPSA) is 41.5 Å². The largest absolute Gasteiger partial charge is 0.497 e. The number of hydrogen-bond donors (Lipinski definition) is 2. The molecule has 0 saturated heterocycles. The van der Waals surface area contributed by atoms with E-state index in [2.05, 4.69) is 5.32 Å². The third-order valence-corrected chi connectivity index (χ3v) is 3.50. The van der Waals surface area contributed by atoms with E-state index >= 15 is 0 Å². The molecule has 0 spiro atoms. The van der Waals surface area contributed by atoms with E-state index in [9.17, 15) is 9.50 Å². The van der Waals surface area contributed by atoms with Crippen molar-refractivity contribution in [3.63, 3.8) is 0 Å². The van der Waals surface area contributed by atoms with Gasteiger partial charge in [0, 0.05) is 18.1 Å². The third kappa shape index (κ3) is 4.43. The number of methoxy groups -OCH3 is 1. The number of rotatable bonds is 6. The average Bonchev–Trinajstić information content (AvgIpc) is 2.49. The van der Waals surface area contributed by atoms with Crippen LogP contribution in [-0.4, -0.2) is 18.8 Å². The van der Waals surface area contributed by atoms with Gasteiger partial charge in [0.25, 0.3) is 0 Å². The number of aliphatic hydroxyl groups is 1. The number of hydrogen-bond acceptors (Lipinski definition) is 3. The van der Waals surface area contributed by atoms with Crippen LogP contribution in [0.4, 0.5) is 4.39 Å². The van der Waals surface area contributed by atoms with Crippen LogP contribution in [0.2, 0.25) is 5.02 Å². The van der Waals surface area contributed by atoms with Crippen molar-refractivity contribution in [3.8, 4) is 5.75 Å². The van der Waals surface area contributed by atoms with Crippen LogP contribution in [0.15, 0.2) is 42.5 Å². The fourth-order valence-corrected chi connectivity index (χ4v) is 2.21. The average molecular weight is 310 g/mol. The minimum atomic E-state index is -0.653. The molecule has 0 heterocycles. The summed E-state index contributed by atoms with van der Waals surface area (Å²) < 4.78 is 18.1. The minimum Gasteiger partial charge on any atom is -0.497 e. The number of nitrogens with one attached hydrogen (secondary N) is 1. The Bertz CT molecular complexity index is 607. The van der Waals surface area contributed by atoms with Crippen LogP contribution in [0.1, 0.15) is 17.2 Å². The lowest BCUT2D eigenvalue weighted by Crippen LogP contribution is -2.21. The van der Waals surface area contributed by atoms with Gasteiger partial charge in [-0.25, -0.2) is 4.39 Å². The minimum absolute atomic E-state index is 0.361. The van der Waals surface area contributed by atoms with E-state index < -0.39 is 6.10 Å². The summed E-state index contributed by atoms with van der Waals surface area (Å²) in [6.07, 6.45) is -0.653. The molecule has 0 amide bonds. The van der Waals surface area contributed by atoms with Gasteiger partial charge < -0.3 is 15.2 Å². The molecule has 3 nitrogen and oxygen atoms in total. The molecule has 2 aromatic rings. The molecule has 0 aromatic heterocycles. The number of ether oxygens (including phenoxy) is 1. The zero-order chi connectivity index (χ0) is 15.2. The van der Waals surface area contributed by atoms with E-state index in [-0.39, 0.29) is 5.82 Å². The van der Waals surface area contributed by atoms with Crippen molar-refractivity contribution in [2.45, 2.75) is 12.6 Å². The Morgan fingerprint density at radius 1 is 1.29 bits per heavy atom. The molecule has 0 fully saturated rings. The summed E-state index contributed by atoms with van der Waals surface area (Å²) in [5.74, 6) is 0.341. The Morgan fingerprint density at radius 3 is 2.81 bits per heavy atom. The van der Waals surface area contributed by atoms with Crippen molar-refractivity contribution in [2.24, 2.45) is 0 Å². The molecule has 1 atom stereocenters. The Balaban J connectivity index is 1.90. The fraction of sp³-hybridized carbons (Fsp3) is 0.250. The lowest BCUT2D eigenvalue weighted by molar-refractivity contribution is 0.174. The normalized spacial score (nSPS) is 12.2. The molecule has 2 rings (SSSR count). The van der Waals surface area contributed by atoms with Crippen molar-refractivity contribution in [1.29, 1.82) is 0 Å². The molecule has 0 saturated carbocycles. The van der Waals surface area contributed by atoms with Crippen LogP contribution in [0.3, 0.4) is 0 Å². The van der Waals surface area contributed by atoms with Crippen molar-refractivity contribution in [3.05, 3.63) is 64.4 Å². The van der Waals surface area contributed by atoms with Crippen LogP contribution in [0.25, 0.3) is 0 Å². The standard InChI is InChI=1S/C16H17ClFNO2/c1-21-14-4-2-3-11(7-14)16(20)10-19-9-12-5-6-13(18)8-15(12)17/h2-8,16,19-20H,9-10H2,1H3. The first-order valence-electron chi connectivity index (χ1n) is 6.57. The van der Waals surface area contributed by atoms with Gasteiger partial charge in [0.05, 0.1) is 13.2 Å². The second-order valence-electron chi connectivity index (χ2n) is 4.66. The van der Waals surface area contributed by atoms with E-state index in [4.69, 9.17) is 16.3 Å². The molecule has 0 bridgehead atoms. The lowest BCUT2D eigenvalue weighted by Gasteiger charge is -2.13. The highest BCUT2D eigenvalue weighted by atomic mass is 35.5. The zero-order valence-electron chi connectivity index (χ0n) is 11.6. The van der Waals surface area contributed by atoms with Crippen molar-refractivity contribution < 1.29 is 14.2 Å². The summed E-state index contributed by atoms with van der Waals surface area (Å²) in [5.41, 5.74) is 1.56. The number of halogens is 2. The maximum absolute atomic E-state index is 12.9. The smallest absolute Gasteiger partial charge is 0.124 e. The van der Waals surface area contributed by atoms with Crippen LogP contribution >= 0.6 is 11.6 Å². The molecule has 5 heteroatoms. The monoisotopic (exact) mass is 309 g/mol. The van der Waals surface area contributed by atoms with Gasteiger partial charge >= 0.3 is 0 Å². The number of aliphatic hydroxyl groups excluding tert-OH is 1. The van der Waals surface area contributed by atoms with Gasteiger partial charge in [-0.2, -0.15) is 0 Å². The molecule has 2 N–H and O–H groups in total. The fourth-order valence-electron chi connectivity index (χ4n) is 1.98. The molecule has 0 aliphatic carbocycles. The van der Waals surface area contributed by atoms with Gasteiger partial charge in [-0.1, -0.05) is 29.8 Å². The van der Waals surface area contributed by atoms with Crippen LogP contribution in [0, 0.1) is 5.82 Å². The highest BCUT2D eigenvalue weighted by Gasteiger charge is 2.09. The predicted octanol–water partition coefficient (Wildman–Crippen LogP) is 3.31. The Hall–Kier alpha value is -1.62. The Morgan fingerprint density at radius 2 is 2.10 bits per heavy atom. The summed E-state index contributed by atoms with van der Waals surface area (Å²) >= 11 is 5.94. The van der Waals surface area contributed by atoms with Gasteiger partial charge in [-0.3, -0.25) is 0 Å². The molecule has 21 heavy (non-hydrogen) atoms. The SMILES string of the molecule is COc1cccc(C(O)CNCc2ccc(F)cc2Cl)c1. The third-order valence-electron chi connectivity index (χ3n) is 3.15. The van der Waals surface area contributed by atoms with Crippen LogP contribution in [-0.2, 0) is 6.54 Å². The van der Waals surface area contributed by atoms with Crippen LogP contribution < -0.4 is 10.1 Å². The molecular formula is C16H17ClFNO2. The van der Waals surface area contributed by atoms with Crippen LogP contribution in [0.5, 0.6) is 5.75 Å². The van der Waals surface area contributed by atoms with E-state index in [0.29, 0.717) is 23.9 Å². The first-order valence-corrected chi connectivity index (χ1v) is 6.94. The second-order valence-corrected chi connectivity index (χ2v) is 5.07. The summed E-state index contributed by atoms with van der Waals surface area (Å²) in [4.78, 5) is 0. The summed E-state index contributed by atoms with van der Waals surface area (Å²) in [6.45, 7) is 0.820. The summed E-state index contributed by atoms with van der Waals surface area (Å²) in [5, 5.41) is 13.6. The van der Waals surface area contributed by atoms with Crippen molar-refractivity contribution in [2.75, 3.05) is 13.7 Å². The highest BCUT2D eigenvalue weighted by molar-refractivity contribution is 6.31. The van der Waals surface area contributed by atoms with Gasteiger partial charge in [0.15, 0.2) is 0 Å². The molecule has 0 radical (unpaired) electrons. The first-order chi connectivity index (χ1) is 10.1. The van der Waals surface area contributed by atoms with Crippen molar-refractivity contribution in [1.82, 2.24) is 5.32 Å². The van der Waals surface area contributed by atoms with E-state index in [1.807, 2.05) is 18.2 Å². The van der Waals surface area contributed by atoms with Crippen molar-refractivity contribution >= 4 is 11.6 Å².